The number of hydrogen-bond acceptors (Lipinski definition) is 0. The summed E-state index contributed by atoms with van der Waals surface area (Å²) in [5.41, 5.74) is 6.98. The molecule has 0 spiro atoms. The van der Waals surface area contributed by atoms with Crippen molar-refractivity contribution in [2.75, 3.05) is 0 Å². The molecule has 0 amide bonds. The molecule has 0 heteroatoms. The van der Waals surface area contributed by atoms with Gasteiger partial charge >= 0.3 is 0 Å². The third kappa shape index (κ3) is 2.57. The molecule has 3 aromatic rings. The van der Waals surface area contributed by atoms with Crippen molar-refractivity contribution in [2.24, 2.45) is 0 Å². The van der Waals surface area contributed by atoms with E-state index in [1.807, 2.05) is 0 Å². The van der Waals surface area contributed by atoms with Gasteiger partial charge in [-0.15, -0.1) is 0 Å². The van der Waals surface area contributed by atoms with E-state index < -0.39 is 0 Å². The number of aryl methyl sites for hydroxylation is 2. The van der Waals surface area contributed by atoms with Crippen LogP contribution in [0, 0.1) is 13.8 Å². The number of benzene rings is 3. The fourth-order valence-electron chi connectivity index (χ4n) is 4.13. The Morgan fingerprint density at radius 2 is 1.54 bits per heavy atom. The summed E-state index contributed by atoms with van der Waals surface area (Å²) in [6.07, 6.45) is 8.58. The summed E-state index contributed by atoms with van der Waals surface area (Å²) < 4.78 is 0. The van der Waals surface area contributed by atoms with Gasteiger partial charge in [0, 0.05) is 5.92 Å². The van der Waals surface area contributed by atoms with Gasteiger partial charge < -0.3 is 0 Å². The van der Waals surface area contributed by atoms with Crippen LogP contribution < -0.4 is 0 Å². The highest BCUT2D eigenvalue weighted by Gasteiger charge is 2.16. The van der Waals surface area contributed by atoms with Gasteiger partial charge in [-0.3, -0.25) is 0 Å². The Balaban J connectivity index is 1.86. The van der Waals surface area contributed by atoms with Crippen LogP contribution in [0.1, 0.15) is 41.9 Å². The van der Waals surface area contributed by atoms with Gasteiger partial charge in [0.1, 0.15) is 0 Å². The highest BCUT2D eigenvalue weighted by molar-refractivity contribution is 5.94. The summed E-state index contributed by atoms with van der Waals surface area (Å²) in [4.78, 5) is 0. The summed E-state index contributed by atoms with van der Waals surface area (Å²) in [7, 11) is 0. The highest BCUT2D eigenvalue weighted by Crippen LogP contribution is 2.36. The third-order valence-electron chi connectivity index (χ3n) is 5.52. The molecule has 1 aliphatic rings. The first-order valence-electron chi connectivity index (χ1n) is 9.00. The van der Waals surface area contributed by atoms with Crippen LogP contribution in [0.4, 0.5) is 0 Å². The van der Waals surface area contributed by atoms with Gasteiger partial charge in [-0.1, -0.05) is 66.7 Å². The second kappa shape index (κ2) is 6.28. The molecule has 0 aromatic heterocycles. The second-order valence-corrected chi connectivity index (χ2v) is 6.94. The lowest BCUT2D eigenvalue weighted by molar-refractivity contribution is 0.652. The topological polar surface area (TPSA) is 0 Å². The zero-order valence-electron chi connectivity index (χ0n) is 14.5. The fourth-order valence-corrected chi connectivity index (χ4v) is 4.13. The van der Waals surface area contributed by atoms with Crippen molar-refractivity contribution in [3.8, 4) is 11.1 Å². The average molecular weight is 312 g/mol. The lowest BCUT2D eigenvalue weighted by atomic mass is 9.84. The van der Waals surface area contributed by atoms with E-state index in [0.29, 0.717) is 5.92 Å². The van der Waals surface area contributed by atoms with Gasteiger partial charge in [0.2, 0.25) is 0 Å². The molecular formula is C24H24. The molecule has 120 valence electrons. The monoisotopic (exact) mass is 312 g/mol. The Kier molecular flexibility index (Phi) is 3.98. The standard InChI is InChI=1S/C24H24/c1-17-21(19-9-5-3-6-10-19)13-16-24-18(2)22(14-15-23(17)24)20-11-7-4-8-12-20/h3,5-7,9-11,13-16,20H,4,8,12H2,1-2H3. The predicted molar refractivity (Wildman–Crippen MR) is 105 cm³/mol. The number of allylic oxidation sites excluding steroid dienone is 2. The van der Waals surface area contributed by atoms with Crippen molar-refractivity contribution >= 4 is 10.8 Å². The smallest absolute Gasteiger partial charge is 0.00209 e. The van der Waals surface area contributed by atoms with Crippen molar-refractivity contribution in [1.82, 2.24) is 0 Å². The Morgan fingerprint density at radius 3 is 2.29 bits per heavy atom. The maximum Gasteiger partial charge on any atom is 0.00209 e. The molecule has 0 saturated heterocycles. The molecule has 1 aliphatic carbocycles. The molecule has 4 rings (SSSR count). The summed E-state index contributed by atoms with van der Waals surface area (Å²) in [5, 5.41) is 2.79. The van der Waals surface area contributed by atoms with Crippen LogP contribution in [-0.2, 0) is 0 Å². The molecule has 0 aliphatic heterocycles. The van der Waals surface area contributed by atoms with E-state index in [-0.39, 0.29) is 0 Å². The molecule has 24 heavy (non-hydrogen) atoms. The largest absolute Gasteiger partial charge is 0.0879 e. The molecule has 0 fully saturated rings. The molecule has 3 aromatic carbocycles. The van der Waals surface area contributed by atoms with E-state index in [1.165, 1.54) is 57.9 Å². The lowest BCUT2D eigenvalue weighted by Gasteiger charge is -2.21. The van der Waals surface area contributed by atoms with Crippen LogP contribution in [0.2, 0.25) is 0 Å². The Morgan fingerprint density at radius 1 is 0.792 bits per heavy atom. The Hall–Kier alpha value is -2.34. The predicted octanol–water partition coefficient (Wildman–Crippen LogP) is 6.95. The average Bonchev–Trinajstić information content (AvgIpc) is 2.64. The molecule has 0 N–H and O–H groups in total. The molecule has 1 atom stereocenters. The zero-order valence-corrected chi connectivity index (χ0v) is 14.5. The van der Waals surface area contributed by atoms with Gasteiger partial charge in [0.05, 0.1) is 0 Å². The molecule has 0 bridgehead atoms. The lowest BCUT2D eigenvalue weighted by Crippen LogP contribution is -2.02. The van der Waals surface area contributed by atoms with Gasteiger partial charge in [-0.25, -0.2) is 0 Å². The normalized spacial score (nSPS) is 17.3. The van der Waals surface area contributed by atoms with Crippen LogP contribution in [-0.4, -0.2) is 0 Å². The van der Waals surface area contributed by atoms with E-state index in [4.69, 9.17) is 0 Å². The van der Waals surface area contributed by atoms with E-state index in [9.17, 15) is 0 Å². The molecule has 0 saturated carbocycles. The molecule has 0 heterocycles. The first-order chi connectivity index (χ1) is 11.8. The third-order valence-corrected chi connectivity index (χ3v) is 5.52. The van der Waals surface area contributed by atoms with Gasteiger partial charge in [0.25, 0.3) is 0 Å². The summed E-state index contributed by atoms with van der Waals surface area (Å²) >= 11 is 0. The van der Waals surface area contributed by atoms with E-state index in [2.05, 4.69) is 80.6 Å². The second-order valence-electron chi connectivity index (χ2n) is 6.94. The minimum atomic E-state index is 0.595. The van der Waals surface area contributed by atoms with Crippen LogP contribution in [0.15, 0.2) is 66.7 Å². The number of fused-ring (bicyclic) bond motifs is 1. The molecule has 1 unspecified atom stereocenters. The molecular weight excluding hydrogens is 288 g/mol. The van der Waals surface area contributed by atoms with Crippen LogP contribution in [0.25, 0.3) is 21.9 Å². The van der Waals surface area contributed by atoms with Crippen LogP contribution in [0.3, 0.4) is 0 Å². The van der Waals surface area contributed by atoms with Gasteiger partial charge in [-0.05, 0) is 71.7 Å². The van der Waals surface area contributed by atoms with Crippen molar-refractivity contribution in [1.29, 1.82) is 0 Å². The van der Waals surface area contributed by atoms with Crippen LogP contribution in [0.5, 0.6) is 0 Å². The minimum absolute atomic E-state index is 0.595. The van der Waals surface area contributed by atoms with Crippen molar-refractivity contribution < 1.29 is 0 Å². The van der Waals surface area contributed by atoms with Gasteiger partial charge in [0.15, 0.2) is 0 Å². The number of rotatable bonds is 2. The van der Waals surface area contributed by atoms with E-state index in [1.54, 1.807) is 0 Å². The Labute approximate surface area is 144 Å². The van der Waals surface area contributed by atoms with Crippen molar-refractivity contribution in [3.63, 3.8) is 0 Å². The SMILES string of the molecule is Cc1c(-c2ccccc2)ccc2c(C)c(C3C=CCCC3)ccc12. The summed E-state index contributed by atoms with van der Waals surface area (Å²) in [5.74, 6) is 0.595. The maximum atomic E-state index is 2.41. The summed E-state index contributed by atoms with van der Waals surface area (Å²) in [6, 6.07) is 20.0. The quantitative estimate of drug-likeness (QED) is 0.449. The van der Waals surface area contributed by atoms with Crippen molar-refractivity contribution in [3.05, 3.63) is 83.4 Å². The zero-order chi connectivity index (χ0) is 16.5. The first kappa shape index (κ1) is 15.2. The highest BCUT2D eigenvalue weighted by atomic mass is 14.2. The Bertz CT molecular complexity index is 900. The first-order valence-corrected chi connectivity index (χ1v) is 9.00. The molecule has 0 nitrogen and oxygen atoms in total. The van der Waals surface area contributed by atoms with Gasteiger partial charge in [-0.2, -0.15) is 0 Å². The van der Waals surface area contributed by atoms with Crippen LogP contribution >= 0.6 is 0 Å². The number of hydrogen-bond donors (Lipinski definition) is 0. The van der Waals surface area contributed by atoms with E-state index in [0.717, 1.165) is 0 Å². The maximum absolute atomic E-state index is 2.41. The summed E-state index contributed by atoms with van der Waals surface area (Å²) in [6.45, 7) is 4.55. The fraction of sp³-hybridized carbons (Fsp3) is 0.250. The molecule has 0 radical (unpaired) electrons. The van der Waals surface area contributed by atoms with Crippen molar-refractivity contribution in [2.45, 2.75) is 39.0 Å². The minimum Gasteiger partial charge on any atom is -0.0879 e. The van der Waals surface area contributed by atoms with E-state index >= 15 is 0 Å².